The highest BCUT2D eigenvalue weighted by molar-refractivity contribution is 5.92. The Morgan fingerprint density at radius 2 is 2.17 bits per heavy atom. The first-order valence-corrected chi connectivity index (χ1v) is 7.88. The van der Waals surface area contributed by atoms with Crippen molar-refractivity contribution in [1.82, 2.24) is 9.78 Å². The molecule has 0 atom stereocenters. The van der Waals surface area contributed by atoms with Gasteiger partial charge in [-0.25, -0.2) is 4.68 Å². The standard InChI is InChI=1S/C17H21N3O3/c1-3-4-7-20-17(12(2)10-18-20)19-16(21)9-13-5-6-14-15(8-13)23-11-22-14/h5-6,8,10H,3-4,7,9,11H2,1-2H3,(H,19,21). The quantitative estimate of drug-likeness (QED) is 0.890. The number of nitrogens with zero attached hydrogens (tertiary/aromatic N) is 2. The van der Waals surface area contributed by atoms with Gasteiger partial charge in [-0.15, -0.1) is 0 Å². The van der Waals surface area contributed by atoms with Crippen molar-refractivity contribution in [3.05, 3.63) is 35.5 Å². The fourth-order valence-corrected chi connectivity index (χ4v) is 2.53. The summed E-state index contributed by atoms with van der Waals surface area (Å²) in [6.45, 7) is 5.13. The summed E-state index contributed by atoms with van der Waals surface area (Å²) < 4.78 is 12.5. The summed E-state index contributed by atoms with van der Waals surface area (Å²) in [7, 11) is 0. The molecule has 2 heterocycles. The molecule has 1 amide bonds. The Hall–Kier alpha value is -2.50. The van der Waals surface area contributed by atoms with Crippen LogP contribution in [0.1, 0.15) is 30.9 Å². The van der Waals surface area contributed by atoms with E-state index in [0.717, 1.165) is 42.1 Å². The van der Waals surface area contributed by atoms with Gasteiger partial charge in [0.25, 0.3) is 0 Å². The molecule has 0 saturated carbocycles. The molecule has 6 nitrogen and oxygen atoms in total. The first-order chi connectivity index (χ1) is 11.2. The zero-order valence-corrected chi connectivity index (χ0v) is 13.5. The summed E-state index contributed by atoms with van der Waals surface area (Å²) in [6, 6.07) is 5.57. The molecule has 0 saturated heterocycles. The lowest BCUT2D eigenvalue weighted by atomic mass is 10.1. The van der Waals surface area contributed by atoms with Gasteiger partial charge in [0, 0.05) is 12.1 Å². The third kappa shape index (κ3) is 3.47. The van der Waals surface area contributed by atoms with Crippen molar-refractivity contribution in [3.63, 3.8) is 0 Å². The average molecular weight is 315 g/mol. The van der Waals surface area contributed by atoms with Crippen LogP contribution in [0.25, 0.3) is 0 Å². The van der Waals surface area contributed by atoms with Gasteiger partial charge >= 0.3 is 0 Å². The number of unbranched alkanes of at least 4 members (excludes halogenated alkanes) is 1. The molecule has 1 aromatic carbocycles. The zero-order valence-electron chi connectivity index (χ0n) is 13.5. The summed E-state index contributed by atoms with van der Waals surface area (Å²) in [5.41, 5.74) is 1.86. The van der Waals surface area contributed by atoms with E-state index in [1.807, 2.05) is 29.8 Å². The molecular weight excluding hydrogens is 294 g/mol. The van der Waals surface area contributed by atoms with Gasteiger partial charge in [-0.2, -0.15) is 5.10 Å². The first-order valence-electron chi connectivity index (χ1n) is 7.88. The van der Waals surface area contributed by atoms with Gasteiger partial charge in [-0.3, -0.25) is 4.79 Å². The highest BCUT2D eigenvalue weighted by Gasteiger charge is 2.16. The number of ether oxygens (including phenoxy) is 2. The van der Waals surface area contributed by atoms with Crippen molar-refractivity contribution in [2.24, 2.45) is 0 Å². The van der Waals surface area contributed by atoms with Crippen LogP contribution < -0.4 is 14.8 Å². The van der Waals surface area contributed by atoms with Crippen molar-refractivity contribution in [3.8, 4) is 11.5 Å². The lowest BCUT2D eigenvalue weighted by Gasteiger charge is -2.10. The molecule has 0 unspecified atom stereocenters. The van der Waals surface area contributed by atoms with Gasteiger partial charge in [0.2, 0.25) is 12.7 Å². The number of hydrogen-bond acceptors (Lipinski definition) is 4. The summed E-state index contributed by atoms with van der Waals surface area (Å²) >= 11 is 0. The van der Waals surface area contributed by atoms with Crippen LogP contribution >= 0.6 is 0 Å². The van der Waals surface area contributed by atoms with Crippen molar-refractivity contribution >= 4 is 11.7 Å². The molecule has 1 aliphatic heterocycles. The molecule has 0 bridgehead atoms. The van der Waals surface area contributed by atoms with Crippen LogP contribution in [0.3, 0.4) is 0 Å². The number of aromatic nitrogens is 2. The Kier molecular flexibility index (Phi) is 4.50. The largest absolute Gasteiger partial charge is 0.454 e. The molecule has 0 spiro atoms. The van der Waals surface area contributed by atoms with E-state index in [4.69, 9.17) is 9.47 Å². The minimum atomic E-state index is -0.0646. The lowest BCUT2D eigenvalue weighted by molar-refractivity contribution is -0.115. The number of benzene rings is 1. The SMILES string of the molecule is CCCCn1ncc(C)c1NC(=O)Cc1ccc2c(c1)OCO2. The third-order valence-corrected chi connectivity index (χ3v) is 3.81. The molecule has 1 aliphatic rings. The predicted molar refractivity (Wildman–Crippen MR) is 86.8 cm³/mol. The van der Waals surface area contributed by atoms with E-state index in [9.17, 15) is 4.79 Å². The van der Waals surface area contributed by atoms with Gasteiger partial charge in [0.15, 0.2) is 11.5 Å². The summed E-state index contributed by atoms with van der Waals surface area (Å²) in [5.74, 6) is 2.14. The number of nitrogens with one attached hydrogen (secondary N) is 1. The van der Waals surface area contributed by atoms with Crippen LogP contribution in [0, 0.1) is 6.92 Å². The highest BCUT2D eigenvalue weighted by Crippen LogP contribution is 2.32. The van der Waals surface area contributed by atoms with Gasteiger partial charge in [0.05, 0.1) is 12.6 Å². The maximum absolute atomic E-state index is 12.3. The summed E-state index contributed by atoms with van der Waals surface area (Å²) in [6.07, 6.45) is 4.19. The number of anilines is 1. The molecule has 0 radical (unpaired) electrons. The minimum Gasteiger partial charge on any atom is -0.454 e. The van der Waals surface area contributed by atoms with E-state index < -0.39 is 0 Å². The fraction of sp³-hybridized carbons (Fsp3) is 0.412. The van der Waals surface area contributed by atoms with E-state index in [-0.39, 0.29) is 19.1 Å². The van der Waals surface area contributed by atoms with E-state index in [1.165, 1.54) is 0 Å². The van der Waals surface area contributed by atoms with Crippen LogP contribution in [-0.4, -0.2) is 22.5 Å². The fourth-order valence-electron chi connectivity index (χ4n) is 2.53. The van der Waals surface area contributed by atoms with Crippen LogP contribution in [0.4, 0.5) is 5.82 Å². The van der Waals surface area contributed by atoms with E-state index in [2.05, 4.69) is 17.3 Å². The van der Waals surface area contributed by atoms with Crippen molar-refractivity contribution in [2.45, 2.75) is 39.7 Å². The Labute approximate surface area is 135 Å². The Balaban J connectivity index is 1.66. The second-order valence-corrected chi connectivity index (χ2v) is 5.67. The second-order valence-electron chi connectivity index (χ2n) is 5.67. The Morgan fingerprint density at radius 1 is 1.35 bits per heavy atom. The van der Waals surface area contributed by atoms with E-state index in [1.54, 1.807) is 6.20 Å². The molecule has 0 aliphatic carbocycles. The maximum Gasteiger partial charge on any atom is 0.231 e. The number of rotatable bonds is 6. The topological polar surface area (TPSA) is 65.4 Å². The number of fused-ring (bicyclic) bond motifs is 1. The van der Waals surface area contributed by atoms with Gasteiger partial charge in [-0.05, 0) is 31.0 Å². The van der Waals surface area contributed by atoms with Crippen LogP contribution in [0.15, 0.2) is 24.4 Å². The maximum atomic E-state index is 12.3. The molecule has 2 aromatic rings. The molecule has 6 heteroatoms. The van der Waals surface area contributed by atoms with Crippen LogP contribution in [0.2, 0.25) is 0 Å². The molecule has 1 N–H and O–H groups in total. The number of amides is 1. The number of carbonyl (C=O) groups excluding carboxylic acids is 1. The normalized spacial score (nSPS) is 12.4. The third-order valence-electron chi connectivity index (χ3n) is 3.81. The van der Waals surface area contributed by atoms with E-state index >= 15 is 0 Å². The highest BCUT2D eigenvalue weighted by atomic mass is 16.7. The van der Waals surface area contributed by atoms with Crippen molar-refractivity contribution < 1.29 is 14.3 Å². The average Bonchev–Trinajstić information content (AvgIpc) is 3.13. The Bertz CT molecular complexity index is 709. The number of aryl methyl sites for hydroxylation is 2. The second kappa shape index (κ2) is 6.73. The first kappa shape index (κ1) is 15.4. The zero-order chi connectivity index (χ0) is 16.2. The van der Waals surface area contributed by atoms with Gasteiger partial charge in [-0.1, -0.05) is 19.4 Å². The van der Waals surface area contributed by atoms with Crippen molar-refractivity contribution in [2.75, 3.05) is 12.1 Å². The van der Waals surface area contributed by atoms with E-state index in [0.29, 0.717) is 5.75 Å². The summed E-state index contributed by atoms with van der Waals surface area (Å²) in [4.78, 5) is 12.3. The molecule has 122 valence electrons. The minimum absolute atomic E-state index is 0.0646. The van der Waals surface area contributed by atoms with Crippen LogP contribution in [0.5, 0.6) is 11.5 Å². The lowest BCUT2D eigenvalue weighted by Crippen LogP contribution is -2.18. The molecule has 3 rings (SSSR count). The van der Waals surface area contributed by atoms with Gasteiger partial charge < -0.3 is 14.8 Å². The van der Waals surface area contributed by atoms with Crippen LogP contribution in [-0.2, 0) is 17.8 Å². The smallest absolute Gasteiger partial charge is 0.231 e. The number of hydrogen-bond donors (Lipinski definition) is 1. The van der Waals surface area contributed by atoms with Crippen molar-refractivity contribution in [1.29, 1.82) is 0 Å². The molecule has 1 aromatic heterocycles. The monoisotopic (exact) mass is 315 g/mol. The molecule has 23 heavy (non-hydrogen) atoms. The van der Waals surface area contributed by atoms with Gasteiger partial charge in [0.1, 0.15) is 5.82 Å². The molecule has 0 fully saturated rings. The molecular formula is C17H21N3O3. The number of carbonyl (C=O) groups is 1. The summed E-state index contributed by atoms with van der Waals surface area (Å²) in [5, 5.41) is 7.30. The predicted octanol–water partition coefficient (Wildman–Crippen LogP) is 2.90. The Morgan fingerprint density at radius 3 is 3.00 bits per heavy atom.